The third-order valence-corrected chi connectivity index (χ3v) is 3.15. The van der Waals surface area contributed by atoms with Crippen LogP contribution in [0.5, 0.6) is 0 Å². The number of nitro groups is 1. The fraction of sp³-hybridized carbons (Fsp3) is 0.462. The lowest BCUT2D eigenvalue weighted by molar-refractivity contribution is -0.384. The number of nitrogens with one attached hydrogen (secondary N) is 1. The van der Waals surface area contributed by atoms with Crippen molar-refractivity contribution >= 4 is 11.7 Å². The molecule has 108 valence electrons. The summed E-state index contributed by atoms with van der Waals surface area (Å²) in [5, 5.41) is 22.3. The van der Waals surface area contributed by atoms with Crippen molar-refractivity contribution in [2.24, 2.45) is 0 Å². The molecule has 1 fully saturated rings. The second-order valence-electron chi connectivity index (χ2n) is 4.73. The van der Waals surface area contributed by atoms with E-state index in [1.165, 1.54) is 12.1 Å². The van der Waals surface area contributed by atoms with Crippen LogP contribution in [0.3, 0.4) is 0 Å². The molecule has 1 aliphatic carbocycles. The van der Waals surface area contributed by atoms with Crippen molar-refractivity contribution in [3.05, 3.63) is 39.9 Å². The molecule has 0 radical (unpaired) electrons. The van der Waals surface area contributed by atoms with Crippen LogP contribution in [-0.4, -0.2) is 40.2 Å². The SMILES string of the molecule is O=C(NCc1cccc([N+](=O)[O-])c1)N(CCO)C1CC1. The van der Waals surface area contributed by atoms with Crippen LogP contribution in [-0.2, 0) is 6.54 Å². The Kier molecular flexibility index (Phi) is 4.52. The van der Waals surface area contributed by atoms with Crippen LogP contribution >= 0.6 is 0 Å². The van der Waals surface area contributed by atoms with Gasteiger partial charge in [0.25, 0.3) is 5.69 Å². The van der Waals surface area contributed by atoms with E-state index < -0.39 is 4.92 Å². The van der Waals surface area contributed by atoms with Crippen LogP contribution in [0, 0.1) is 10.1 Å². The van der Waals surface area contributed by atoms with Gasteiger partial charge in [0.15, 0.2) is 0 Å². The maximum absolute atomic E-state index is 12.0. The summed E-state index contributed by atoms with van der Waals surface area (Å²) in [6.45, 7) is 0.474. The molecular formula is C13H17N3O4. The van der Waals surface area contributed by atoms with Gasteiger partial charge >= 0.3 is 6.03 Å². The van der Waals surface area contributed by atoms with Gasteiger partial charge in [-0.25, -0.2) is 4.79 Å². The number of hydrogen-bond acceptors (Lipinski definition) is 4. The summed E-state index contributed by atoms with van der Waals surface area (Å²) in [7, 11) is 0. The second kappa shape index (κ2) is 6.33. The van der Waals surface area contributed by atoms with Crippen LogP contribution in [0.4, 0.5) is 10.5 Å². The number of rotatable bonds is 6. The lowest BCUT2D eigenvalue weighted by Gasteiger charge is -2.21. The number of amides is 2. The van der Waals surface area contributed by atoms with Gasteiger partial charge in [0, 0.05) is 31.3 Å². The highest BCUT2D eigenvalue weighted by Gasteiger charge is 2.31. The Labute approximate surface area is 116 Å². The number of nitrogens with zero attached hydrogens (tertiary/aromatic N) is 2. The minimum absolute atomic E-state index is 0.00570. The fourth-order valence-corrected chi connectivity index (χ4v) is 2.00. The van der Waals surface area contributed by atoms with E-state index >= 15 is 0 Å². The molecule has 7 heteroatoms. The van der Waals surface area contributed by atoms with E-state index in [9.17, 15) is 14.9 Å². The highest BCUT2D eigenvalue weighted by atomic mass is 16.6. The molecular weight excluding hydrogens is 262 g/mol. The predicted molar refractivity (Wildman–Crippen MR) is 72.1 cm³/mol. The van der Waals surface area contributed by atoms with E-state index in [1.807, 2.05) is 0 Å². The van der Waals surface area contributed by atoms with Crippen molar-refractivity contribution in [3.63, 3.8) is 0 Å². The first-order chi connectivity index (χ1) is 9.61. The molecule has 7 nitrogen and oxygen atoms in total. The van der Waals surface area contributed by atoms with Crippen molar-refractivity contribution < 1.29 is 14.8 Å². The average molecular weight is 279 g/mol. The van der Waals surface area contributed by atoms with Gasteiger partial charge in [-0.2, -0.15) is 0 Å². The molecule has 0 aliphatic heterocycles. The van der Waals surface area contributed by atoms with Crippen LogP contribution in [0.2, 0.25) is 0 Å². The predicted octanol–water partition coefficient (Wildman–Crippen LogP) is 1.26. The molecule has 1 aromatic rings. The number of benzene rings is 1. The van der Waals surface area contributed by atoms with Crippen molar-refractivity contribution in [1.29, 1.82) is 0 Å². The lowest BCUT2D eigenvalue weighted by atomic mass is 10.2. The van der Waals surface area contributed by atoms with Gasteiger partial charge in [0.05, 0.1) is 11.5 Å². The van der Waals surface area contributed by atoms with Crippen molar-refractivity contribution in [3.8, 4) is 0 Å². The number of urea groups is 1. The Bertz CT molecular complexity index is 502. The summed E-state index contributed by atoms with van der Waals surface area (Å²) in [5.41, 5.74) is 0.679. The molecule has 0 saturated heterocycles. The maximum Gasteiger partial charge on any atom is 0.317 e. The third-order valence-electron chi connectivity index (χ3n) is 3.15. The number of nitro benzene ring substituents is 1. The molecule has 0 unspecified atom stereocenters. The van der Waals surface area contributed by atoms with Crippen molar-refractivity contribution in [1.82, 2.24) is 10.2 Å². The quantitative estimate of drug-likeness (QED) is 0.605. The normalized spacial score (nSPS) is 13.8. The average Bonchev–Trinajstić information content (AvgIpc) is 3.27. The van der Waals surface area contributed by atoms with Gasteiger partial charge < -0.3 is 15.3 Å². The second-order valence-corrected chi connectivity index (χ2v) is 4.73. The summed E-state index contributed by atoms with van der Waals surface area (Å²) in [5.74, 6) is 0. The van der Waals surface area contributed by atoms with Gasteiger partial charge in [-0.05, 0) is 18.4 Å². The highest BCUT2D eigenvalue weighted by Crippen LogP contribution is 2.26. The molecule has 0 aromatic heterocycles. The molecule has 0 heterocycles. The molecule has 0 bridgehead atoms. The zero-order valence-corrected chi connectivity index (χ0v) is 11.0. The molecule has 1 aromatic carbocycles. The standard InChI is InChI=1S/C13H17N3O4/c17-7-6-15(11-4-5-11)13(18)14-9-10-2-1-3-12(8-10)16(19)20/h1-3,8,11,17H,4-7,9H2,(H,14,18). The van der Waals surface area contributed by atoms with E-state index in [0.717, 1.165) is 12.8 Å². The number of non-ortho nitro benzene ring substituents is 1. The number of aliphatic hydroxyl groups excluding tert-OH is 1. The Hall–Kier alpha value is -2.15. The number of hydrogen-bond donors (Lipinski definition) is 2. The van der Waals surface area contributed by atoms with E-state index in [4.69, 9.17) is 5.11 Å². The largest absolute Gasteiger partial charge is 0.395 e. The van der Waals surface area contributed by atoms with Gasteiger partial charge in [-0.15, -0.1) is 0 Å². The van der Waals surface area contributed by atoms with Crippen LogP contribution < -0.4 is 5.32 Å². The van der Waals surface area contributed by atoms with Crippen molar-refractivity contribution in [2.75, 3.05) is 13.2 Å². The summed E-state index contributed by atoms with van der Waals surface area (Å²) in [4.78, 5) is 23.8. The van der Waals surface area contributed by atoms with Crippen LogP contribution in [0.1, 0.15) is 18.4 Å². The number of carbonyl (C=O) groups excluding carboxylic acids is 1. The van der Waals surface area contributed by atoms with Crippen molar-refractivity contribution in [2.45, 2.75) is 25.4 Å². The van der Waals surface area contributed by atoms with Gasteiger partial charge in [-0.3, -0.25) is 10.1 Å². The Morgan fingerprint density at radius 2 is 2.25 bits per heavy atom. The van der Waals surface area contributed by atoms with E-state index in [-0.39, 0.29) is 30.9 Å². The topological polar surface area (TPSA) is 95.7 Å². The number of carbonyl (C=O) groups is 1. The Morgan fingerprint density at radius 3 is 2.85 bits per heavy atom. The number of aliphatic hydroxyl groups is 1. The van der Waals surface area contributed by atoms with Crippen LogP contribution in [0.15, 0.2) is 24.3 Å². The molecule has 1 saturated carbocycles. The fourth-order valence-electron chi connectivity index (χ4n) is 2.00. The lowest BCUT2D eigenvalue weighted by Crippen LogP contribution is -2.42. The van der Waals surface area contributed by atoms with Gasteiger partial charge in [0.1, 0.15) is 0 Å². The molecule has 0 atom stereocenters. The molecule has 20 heavy (non-hydrogen) atoms. The zero-order chi connectivity index (χ0) is 14.5. The van der Waals surface area contributed by atoms with E-state index in [0.29, 0.717) is 12.1 Å². The summed E-state index contributed by atoms with van der Waals surface area (Å²) in [6.07, 6.45) is 1.93. The zero-order valence-electron chi connectivity index (χ0n) is 11.0. The van der Waals surface area contributed by atoms with Crippen LogP contribution in [0.25, 0.3) is 0 Å². The molecule has 1 aliphatic rings. The summed E-state index contributed by atoms with van der Waals surface area (Å²) in [6, 6.07) is 6.13. The molecule has 0 spiro atoms. The monoisotopic (exact) mass is 279 g/mol. The summed E-state index contributed by atoms with van der Waals surface area (Å²) >= 11 is 0. The molecule has 2 N–H and O–H groups in total. The first-order valence-corrected chi connectivity index (χ1v) is 6.50. The smallest absolute Gasteiger partial charge is 0.317 e. The highest BCUT2D eigenvalue weighted by molar-refractivity contribution is 5.75. The minimum Gasteiger partial charge on any atom is -0.395 e. The third kappa shape index (κ3) is 3.67. The van der Waals surface area contributed by atoms with Gasteiger partial charge in [-0.1, -0.05) is 12.1 Å². The molecule has 2 rings (SSSR count). The Morgan fingerprint density at radius 1 is 1.50 bits per heavy atom. The van der Waals surface area contributed by atoms with Gasteiger partial charge in [0.2, 0.25) is 0 Å². The van der Waals surface area contributed by atoms with E-state index in [2.05, 4.69) is 5.32 Å². The first-order valence-electron chi connectivity index (χ1n) is 6.50. The maximum atomic E-state index is 12.0. The molecule has 2 amide bonds. The minimum atomic E-state index is -0.465. The van der Waals surface area contributed by atoms with E-state index in [1.54, 1.807) is 17.0 Å². The first kappa shape index (κ1) is 14.3. The Balaban J connectivity index is 1.92. The summed E-state index contributed by atoms with van der Waals surface area (Å²) < 4.78 is 0.